The number of likely N-dealkylation sites (N-methyl/N-ethyl adjacent to an activating group) is 2. The predicted octanol–water partition coefficient (Wildman–Crippen LogP) is 7.70. The summed E-state index contributed by atoms with van der Waals surface area (Å²) in [6, 6.07) is 16.1. The number of carbonyl (C=O) groups excluding carboxylic acids is 2. The summed E-state index contributed by atoms with van der Waals surface area (Å²) in [7, 11) is 4.78. The van der Waals surface area contributed by atoms with Gasteiger partial charge in [0.05, 0.1) is 100 Å². The summed E-state index contributed by atoms with van der Waals surface area (Å²) >= 11 is 6.46. The van der Waals surface area contributed by atoms with Gasteiger partial charge in [0.25, 0.3) is 11.1 Å². The first-order valence-corrected chi connectivity index (χ1v) is 23.1. The van der Waals surface area contributed by atoms with Gasteiger partial charge in [-0.3, -0.25) is 29.1 Å². The number of hydrogen-bond donors (Lipinski definition) is 6. The third kappa shape index (κ3) is 10.1. The summed E-state index contributed by atoms with van der Waals surface area (Å²) < 4.78 is 44.7. The summed E-state index contributed by atoms with van der Waals surface area (Å²) in [6.07, 6.45) is 13.4. The van der Waals surface area contributed by atoms with Gasteiger partial charge in [0.2, 0.25) is 11.8 Å². The lowest BCUT2D eigenvalue weighted by Crippen LogP contribution is -2.65. The minimum absolute atomic E-state index is 0.0160. The van der Waals surface area contributed by atoms with Crippen LogP contribution in [0.5, 0.6) is 23.0 Å². The Hall–Kier alpha value is -8.88. The molecule has 9 rings (SSSR count). The van der Waals surface area contributed by atoms with Crippen molar-refractivity contribution < 1.29 is 37.7 Å². The zero-order chi connectivity index (χ0) is 51.2. The Bertz CT molecular complexity index is 3530. The van der Waals surface area contributed by atoms with Gasteiger partial charge >= 0.3 is 0 Å². The van der Waals surface area contributed by atoms with E-state index in [-0.39, 0.29) is 68.1 Å². The molecule has 6 aromatic heterocycles. The first-order chi connectivity index (χ1) is 35.4. The maximum Gasteiger partial charge on any atom is 0.259 e. The predicted molar refractivity (Wildman–Crippen MR) is 275 cm³/mol. The van der Waals surface area contributed by atoms with Crippen LogP contribution in [0.2, 0.25) is 5.02 Å². The number of para-hydroxylation sites is 1. The summed E-state index contributed by atoms with van der Waals surface area (Å²) in [6.45, 7) is 4.15. The average molecular weight is 1010 g/mol. The number of pyridine rings is 4. The lowest BCUT2D eigenvalue weighted by Gasteiger charge is -2.47. The van der Waals surface area contributed by atoms with E-state index in [0.717, 1.165) is 0 Å². The third-order valence-electron chi connectivity index (χ3n) is 12.3. The van der Waals surface area contributed by atoms with Crippen LogP contribution in [0.1, 0.15) is 0 Å². The van der Waals surface area contributed by atoms with Crippen LogP contribution < -0.4 is 40.7 Å². The SMILES string of the molecule is C=CC(=O)N(C)CCOc1cnccc1-c1[nH]c2cc[nH]c(=O)c2c1Nc1ccc(F)cc1OC/C=C/C(=O)N(C)C1(COc2cnccc2-c2[nH]c3cc[nH]c(=O)c3c2Nc2cccc(Cl)c2OC)COC1. The molecule has 6 N–H and O–H groups in total. The van der Waals surface area contributed by atoms with Crippen molar-refractivity contribution in [3.8, 4) is 45.5 Å². The van der Waals surface area contributed by atoms with Gasteiger partial charge in [0.15, 0.2) is 5.75 Å². The topological polar surface area (TPSA) is 234 Å². The molecule has 1 aliphatic heterocycles. The second kappa shape index (κ2) is 21.2. The molecular weight excluding hydrogens is 963 g/mol. The van der Waals surface area contributed by atoms with E-state index in [2.05, 4.69) is 47.1 Å². The fraction of sp³-hybridized carbons (Fsp3) is 0.192. The Morgan fingerprint density at radius 1 is 0.836 bits per heavy atom. The average Bonchev–Trinajstić information content (AvgIpc) is 3.94. The van der Waals surface area contributed by atoms with Gasteiger partial charge in [0, 0.05) is 62.2 Å². The highest BCUT2D eigenvalue weighted by Crippen LogP contribution is 2.44. The van der Waals surface area contributed by atoms with Gasteiger partial charge in [-0.15, -0.1) is 0 Å². The normalized spacial score (nSPS) is 12.8. The number of aromatic amines is 4. The molecule has 0 bridgehead atoms. The number of anilines is 4. The molecule has 0 unspecified atom stereocenters. The summed E-state index contributed by atoms with van der Waals surface area (Å²) in [5, 5.41) is 7.65. The van der Waals surface area contributed by atoms with E-state index in [9.17, 15) is 23.6 Å². The number of ether oxygens (including phenoxy) is 5. The van der Waals surface area contributed by atoms with E-state index in [1.54, 1.807) is 81.3 Å². The van der Waals surface area contributed by atoms with Crippen molar-refractivity contribution in [2.45, 2.75) is 5.54 Å². The highest BCUT2D eigenvalue weighted by atomic mass is 35.5. The van der Waals surface area contributed by atoms with Crippen molar-refractivity contribution >= 4 is 68.0 Å². The standard InChI is InChI=1S/C52H48ClFN10O9/c1-5-41(65)63(2)21-23-72-39-25-55-17-13-31(39)45-47(43-35(60-45)15-19-57-50(43)67)59-34-12-11-30(54)24-38(34)71-22-7-10-42(66)64(3)52(27-70-28-52)29-73-40-26-56-18-14-32(40)46-48(44-36(61-46)16-20-58-51(44)68)62-37-9-6-8-33(53)49(37)69-4/h5-20,24-26,59-62H,1,21-23,27-29H2,2-4H3,(H,57,67)(H,58,68)/b10-7+. The molecule has 1 fully saturated rings. The molecule has 0 radical (unpaired) electrons. The highest BCUT2D eigenvalue weighted by Gasteiger charge is 2.45. The van der Waals surface area contributed by atoms with E-state index in [4.69, 9.17) is 35.3 Å². The summed E-state index contributed by atoms with van der Waals surface area (Å²) in [5.74, 6) is -0.0141. The van der Waals surface area contributed by atoms with E-state index in [0.29, 0.717) is 84.0 Å². The minimum atomic E-state index is -0.878. The van der Waals surface area contributed by atoms with Crippen LogP contribution in [0.15, 0.2) is 132 Å². The van der Waals surface area contributed by atoms with Crippen molar-refractivity contribution in [1.29, 1.82) is 0 Å². The van der Waals surface area contributed by atoms with Crippen LogP contribution in [-0.2, 0) is 14.3 Å². The third-order valence-corrected chi connectivity index (χ3v) is 12.6. The highest BCUT2D eigenvalue weighted by molar-refractivity contribution is 6.32. The quantitative estimate of drug-likeness (QED) is 0.0402. The molecule has 7 heterocycles. The molecule has 0 saturated carbocycles. The molecule has 374 valence electrons. The maximum absolute atomic E-state index is 14.9. The molecule has 2 amide bonds. The number of aromatic nitrogens is 6. The lowest BCUT2D eigenvalue weighted by molar-refractivity contribution is -0.166. The van der Waals surface area contributed by atoms with Crippen molar-refractivity contribution in [2.24, 2.45) is 0 Å². The van der Waals surface area contributed by atoms with Crippen LogP contribution in [0, 0.1) is 5.82 Å². The zero-order valence-corrected chi connectivity index (χ0v) is 40.4. The fourth-order valence-electron chi connectivity index (χ4n) is 8.28. The largest absolute Gasteiger partial charge is 0.493 e. The van der Waals surface area contributed by atoms with E-state index in [1.165, 1.54) is 65.7 Å². The number of amides is 2. The number of hydrogen-bond acceptors (Lipinski definition) is 13. The number of halogens is 2. The van der Waals surface area contributed by atoms with Crippen molar-refractivity contribution in [2.75, 3.05) is 71.4 Å². The van der Waals surface area contributed by atoms with Gasteiger partial charge in [-0.25, -0.2) is 4.39 Å². The molecule has 1 saturated heterocycles. The molecule has 21 heteroatoms. The molecular formula is C52H48ClFN10O9. The molecule has 19 nitrogen and oxygen atoms in total. The smallest absolute Gasteiger partial charge is 0.259 e. The Balaban J connectivity index is 0.908. The van der Waals surface area contributed by atoms with Crippen LogP contribution in [0.4, 0.5) is 27.1 Å². The summed E-state index contributed by atoms with van der Waals surface area (Å²) in [5.41, 5.74) is 3.18. The number of carbonyl (C=O) groups is 2. The van der Waals surface area contributed by atoms with Crippen molar-refractivity contribution in [3.63, 3.8) is 0 Å². The number of nitrogens with zero attached hydrogens (tertiary/aromatic N) is 4. The van der Waals surface area contributed by atoms with Gasteiger partial charge in [-0.1, -0.05) is 24.2 Å². The number of benzene rings is 2. The molecule has 0 atom stereocenters. The fourth-order valence-corrected chi connectivity index (χ4v) is 8.53. The van der Waals surface area contributed by atoms with Gasteiger partial charge < -0.3 is 64.1 Å². The van der Waals surface area contributed by atoms with Crippen molar-refractivity contribution in [3.05, 3.63) is 154 Å². The van der Waals surface area contributed by atoms with Gasteiger partial charge in [0.1, 0.15) is 48.4 Å². The molecule has 1 aliphatic rings. The van der Waals surface area contributed by atoms with Gasteiger partial charge in [-0.2, -0.15) is 0 Å². The van der Waals surface area contributed by atoms with Crippen molar-refractivity contribution in [1.82, 2.24) is 39.7 Å². The van der Waals surface area contributed by atoms with E-state index < -0.39 is 16.9 Å². The van der Waals surface area contributed by atoms with E-state index >= 15 is 0 Å². The number of nitrogens with one attached hydrogen (secondary N) is 6. The second-order valence-corrected chi connectivity index (χ2v) is 17.2. The number of methoxy groups -OCH3 is 1. The number of fused-ring (bicyclic) bond motifs is 2. The molecule has 0 aliphatic carbocycles. The Kier molecular flexibility index (Phi) is 14.3. The van der Waals surface area contributed by atoms with Gasteiger partial charge in [-0.05, 0) is 60.7 Å². The molecule has 8 aromatic rings. The minimum Gasteiger partial charge on any atom is -0.493 e. The lowest BCUT2D eigenvalue weighted by atomic mass is 9.96. The van der Waals surface area contributed by atoms with Crippen LogP contribution in [0.25, 0.3) is 44.3 Å². The van der Waals surface area contributed by atoms with Crippen LogP contribution >= 0.6 is 11.6 Å². The number of H-pyrrole nitrogens is 4. The molecule has 2 aromatic carbocycles. The first kappa shape index (κ1) is 49.1. The Morgan fingerprint density at radius 2 is 1.47 bits per heavy atom. The Labute approximate surface area is 420 Å². The van der Waals surface area contributed by atoms with Crippen LogP contribution in [-0.4, -0.2) is 118 Å². The zero-order valence-electron chi connectivity index (χ0n) is 39.6. The van der Waals surface area contributed by atoms with E-state index in [1.807, 2.05) is 0 Å². The maximum atomic E-state index is 14.9. The monoisotopic (exact) mass is 1010 g/mol. The first-order valence-electron chi connectivity index (χ1n) is 22.7. The molecule has 0 spiro atoms. The second-order valence-electron chi connectivity index (χ2n) is 16.8. The Morgan fingerprint density at radius 3 is 2.07 bits per heavy atom. The number of rotatable bonds is 20. The van der Waals surface area contributed by atoms with Crippen LogP contribution in [0.3, 0.4) is 0 Å². The summed E-state index contributed by atoms with van der Waals surface area (Å²) in [4.78, 5) is 76.2. The molecule has 73 heavy (non-hydrogen) atoms.